The van der Waals surface area contributed by atoms with Crippen molar-refractivity contribution in [2.24, 2.45) is 0 Å². The average Bonchev–Trinajstić information content (AvgIpc) is 2.80. The van der Waals surface area contributed by atoms with Crippen LogP contribution in [0.1, 0.15) is 36.5 Å². The number of hydrogen-bond donors (Lipinski definition) is 2. The summed E-state index contributed by atoms with van der Waals surface area (Å²) in [4.78, 5) is 13.8. The number of morpholine rings is 1. The molecule has 3 rings (SSSR count). The van der Waals surface area contributed by atoms with Crippen LogP contribution in [0, 0.1) is 0 Å². The lowest BCUT2D eigenvalue weighted by Crippen LogP contribution is -3.21. The molecule has 8 heteroatoms. The van der Waals surface area contributed by atoms with Crippen molar-refractivity contribution in [1.29, 1.82) is 0 Å². The maximum atomic E-state index is 12.8. The van der Waals surface area contributed by atoms with E-state index in [0.717, 1.165) is 34.8 Å². The van der Waals surface area contributed by atoms with E-state index in [2.05, 4.69) is 12.2 Å². The first kappa shape index (κ1) is 25.1. The molecule has 1 amide bonds. The molecule has 2 aromatic carbocycles. The molecule has 5 nitrogen and oxygen atoms in total. The van der Waals surface area contributed by atoms with Crippen molar-refractivity contribution in [1.82, 2.24) is 5.32 Å². The van der Waals surface area contributed by atoms with E-state index in [1.165, 1.54) is 12.8 Å². The maximum Gasteiger partial charge on any atom is 0.262 e. The maximum absolute atomic E-state index is 12.8. The van der Waals surface area contributed by atoms with Gasteiger partial charge in [-0.2, -0.15) is 0 Å². The molecule has 0 aliphatic carbocycles. The van der Waals surface area contributed by atoms with Gasteiger partial charge in [-0.15, -0.1) is 0 Å². The molecule has 1 atom stereocenters. The number of rotatable bonds is 9. The van der Waals surface area contributed by atoms with Gasteiger partial charge in [-0.1, -0.05) is 78.8 Å². The summed E-state index contributed by atoms with van der Waals surface area (Å²) in [6.45, 7) is 5.37. The number of amides is 1. The second kappa shape index (κ2) is 12.1. The molecule has 1 aliphatic rings. The number of nitrogens with one attached hydrogen (secondary N) is 2. The largest absolute Gasteiger partial charge is 0.494 e. The van der Waals surface area contributed by atoms with E-state index < -0.39 is 9.96 Å². The smallest absolute Gasteiger partial charge is 0.262 e. The normalized spacial score (nSPS) is 15.9. The van der Waals surface area contributed by atoms with E-state index in [0.29, 0.717) is 31.9 Å². The highest BCUT2D eigenvalue weighted by molar-refractivity contribution is 6.68. The van der Waals surface area contributed by atoms with Crippen molar-refractivity contribution in [2.45, 2.75) is 36.1 Å². The molecule has 0 saturated carbocycles. The number of hydrogen-bond acceptors (Lipinski definition) is 3. The summed E-state index contributed by atoms with van der Waals surface area (Å²) in [5, 5.41) is 2.89. The SMILES string of the molecule is CCCCCOc1ccc(-c2ccc(C(=O)N[C@@H]([NH+]3CCOCC3)C(Cl)(Cl)Cl)cc2)cc1. The van der Waals surface area contributed by atoms with Crippen molar-refractivity contribution in [2.75, 3.05) is 32.9 Å². The minimum atomic E-state index is -1.62. The number of quaternary nitrogens is 1. The molecule has 0 bridgehead atoms. The summed E-state index contributed by atoms with van der Waals surface area (Å²) in [7, 11) is 0. The molecule has 2 N–H and O–H groups in total. The Bertz CT molecular complexity index is 848. The van der Waals surface area contributed by atoms with Gasteiger partial charge < -0.3 is 14.4 Å². The van der Waals surface area contributed by atoms with Crippen LogP contribution in [-0.2, 0) is 4.74 Å². The summed E-state index contributed by atoms with van der Waals surface area (Å²) in [6.07, 6.45) is 2.76. The van der Waals surface area contributed by atoms with Gasteiger partial charge in [0.1, 0.15) is 18.8 Å². The summed E-state index contributed by atoms with van der Waals surface area (Å²) in [6, 6.07) is 15.4. The molecule has 0 spiro atoms. The van der Waals surface area contributed by atoms with Crippen LogP contribution in [0.5, 0.6) is 5.75 Å². The summed E-state index contributed by atoms with van der Waals surface area (Å²) in [5.74, 6) is 0.590. The zero-order valence-electron chi connectivity index (χ0n) is 18.2. The monoisotopic (exact) mass is 499 g/mol. The lowest BCUT2D eigenvalue weighted by atomic mass is 10.0. The summed E-state index contributed by atoms with van der Waals surface area (Å²) in [5.41, 5.74) is 2.57. The van der Waals surface area contributed by atoms with Crippen LogP contribution < -0.4 is 15.0 Å². The highest BCUT2D eigenvalue weighted by Gasteiger charge is 2.42. The second-order valence-corrected chi connectivity index (χ2v) is 10.2. The lowest BCUT2D eigenvalue weighted by molar-refractivity contribution is -0.934. The Kier molecular flexibility index (Phi) is 9.50. The fourth-order valence-corrected chi connectivity index (χ4v) is 4.28. The van der Waals surface area contributed by atoms with Gasteiger partial charge in [0.25, 0.3) is 9.70 Å². The molecular weight excluding hydrogens is 471 g/mol. The van der Waals surface area contributed by atoms with Crippen molar-refractivity contribution in [3.8, 4) is 16.9 Å². The van der Waals surface area contributed by atoms with E-state index in [1.807, 2.05) is 36.4 Å². The number of carbonyl (C=O) groups excluding carboxylic acids is 1. The Morgan fingerprint density at radius 3 is 2.19 bits per heavy atom. The lowest BCUT2D eigenvalue weighted by Gasteiger charge is -2.35. The van der Waals surface area contributed by atoms with E-state index in [1.54, 1.807) is 12.1 Å². The molecule has 174 valence electrons. The Labute approximate surface area is 204 Å². The number of benzene rings is 2. The third-order valence-electron chi connectivity index (χ3n) is 5.50. The number of unbranched alkanes of at least 4 members (excludes halogenated alkanes) is 2. The van der Waals surface area contributed by atoms with E-state index in [-0.39, 0.29) is 5.91 Å². The third-order valence-corrected chi connectivity index (χ3v) is 6.15. The van der Waals surface area contributed by atoms with Crippen LogP contribution in [0.15, 0.2) is 48.5 Å². The first-order chi connectivity index (χ1) is 15.4. The average molecular weight is 501 g/mol. The van der Waals surface area contributed by atoms with Crippen molar-refractivity contribution >= 4 is 40.7 Å². The fraction of sp³-hybridized carbons (Fsp3) is 0.458. The predicted molar refractivity (Wildman–Crippen MR) is 130 cm³/mol. The van der Waals surface area contributed by atoms with Crippen LogP contribution in [0.4, 0.5) is 0 Å². The molecule has 1 fully saturated rings. The molecular formula is C24H30Cl3N2O3+. The first-order valence-electron chi connectivity index (χ1n) is 11.0. The van der Waals surface area contributed by atoms with Gasteiger partial charge in [-0.05, 0) is 41.8 Å². The highest BCUT2D eigenvalue weighted by atomic mass is 35.6. The van der Waals surface area contributed by atoms with Crippen molar-refractivity contribution in [3.05, 3.63) is 54.1 Å². The van der Waals surface area contributed by atoms with Gasteiger partial charge in [-0.25, -0.2) is 0 Å². The zero-order valence-corrected chi connectivity index (χ0v) is 20.5. The number of halogens is 3. The van der Waals surface area contributed by atoms with Crippen LogP contribution in [0.3, 0.4) is 0 Å². The topological polar surface area (TPSA) is 52.0 Å². The Balaban J connectivity index is 1.62. The van der Waals surface area contributed by atoms with Gasteiger partial charge in [0, 0.05) is 5.56 Å². The van der Waals surface area contributed by atoms with Gasteiger partial charge in [-0.3, -0.25) is 10.1 Å². The Morgan fingerprint density at radius 1 is 1.03 bits per heavy atom. The zero-order chi connectivity index (χ0) is 23.0. The number of alkyl halides is 3. The van der Waals surface area contributed by atoms with Crippen LogP contribution in [0.25, 0.3) is 11.1 Å². The van der Waals surface area contributed by atoms with Gasteiger partial charge in [0.2, 0.25) is 6.17 Å². The van der Waals surface area contributed by atoms with E-state index >= 15 is 0 Å². The highest BCUT2D eigenvalue weighted by Crippen LogP contribution is 2.28. The third kappa shape index (κ3) is 7.26. The number of carbonyl (C=O) groups is 1. The van der Waals surface area contributed by atoms with Crippen LogP contribution in [0.2, 0.25) is 0 Å². The molecule has 32 heavy (non-hydrogen) atoms. The Morgan fingerprint density at radius 2 is 1.62 bits per heavy atom. The first-order valence-corrected chi connectivity index (χ1v) is 12.1. The summed E-state index contributed by atoms with van der Waals surface area (Å²) < 4.78 is 9.52. The van der Waals surface area contributed by atoms with Gasteiger partial charge in [0.15, 0.2) is 0 Å². The Hall–Kier alpha value is -1.50. The van der Waals surface area contributed by atoms with E-state index in [4.69, 9.17) is 44.3 Å². The molecule has 1 heterocycles. The fourth-order valence-electron chi connectivity index (χ4n) is 3.65. The standard InChI is InChI=1S/C24H29Cl3N2O3/c1-2-3-4-15-32-21-11-9-19(10-12-21)18-5-7-20(8-6-18)22(30)28-23(24(25,26)27)29-13-16-31-17-14-29/h5-12,23H,2-4,13-17H2,1H3,(H,28,30)/p+1/t23-/m0/s1. The molecule has 0 unspecified atom stereocenters. The van der Waals surface area contributed by atoms with Crippen LogP contribution >= 0.6 is 34.8 Å². The molecule has 2 aromatic rings. The minimum Gasteiger partial charge on any atom is -0.494 e. The molecule has 0 aromatic heterocycles. The number of ether oxygens (including phenoxy) is 2. The molecule has 1 saturated heterocycles. The van der Waals surface area contributed by atoms with Crippen molar-refractivity contribution < 1.29 is 19.2 Å². The van der Waals surface area contributed by atoms with Crippen molar-refractivity contribution in [3.63, 3.8) is 0 Å². The second-order valence-electron chi connectivity index (χ2n) is 7.88. The minimum absolute atomic E-state index is 0.275. The van der Waals surface area contributed by atoms with Crippen LogP contribution in [-0.4, -0.2) is 48.8 Å². The summed E-state index contributed by atoms with van der Waals surface area (Å²) >= 11 is 18.5. The molecule has 1 aliphatic heterocycles. The van der Waals surface area contributed by atoms with E-state index in [9.17, 15) is 4.79 Å². The quantitative estimate of drug-likeness (QED) is 0.399. The van der Waals surface area contributed by atoms with Gasteiger partial charge in [0.05, 0.1) is 19.8 Å². The van der Waals surface area contributed by atoms with Gasteiger partial charge >= 0.3 is 0 Å². The predicted octanol–water partition coefficient (Wildman–Crippen LogP) is 4.26. The molecule has 0 radical (unpaired) electrons.